The summed E-state index contributed by atoms with van der Waals surface area (Å²) in [6.45, 7) is 0.801. The lowest BCUT2D eigenvalue weighted by Crippen LogP contribution is -2.30. The smallest absolute Gasteiger partial charge is 0.220 e. The first-order valence-corrected chi connectivity index (χ1v) is 8.91. The quantitative estimate of drug-likeness (QED) is 0.685. The third-order valence-electron chi connectivity index (χ3n) is 3.82. The molecule has 0 bridgehead atoms. The maximum absolute atomic E-state index is 12.3. The van der Waals surface area contributed by atoms with E-state index in [0.717, 1.165) is 24.9 Å². The van der Waals surface area contributed by atoms with Crippen LogP contribution in [-0.4, -0.2) is 20.4 Å². The number of imidazole rings is 1. The first kappa shape index (κ1) is 16.4. The summed E-state index contributed by atoms with van der Waals surface area (Å²) >= 11 is 1.67. The Labute approximate surface area is 145 Å². The van der Waals surface area contributed by atoms with Crippen molar-refractivity contribution in [3.63, 3.8) is 0 Å². The molecule has 5 nitrogen and oxygen atoms in total. The SMILES string of the molecule is O=C(CCCn1ccnc1)N[C@@H](Cc1ccsc1)c1cccnc1. The summed E-state index contributed by atoms with van der Waals surface area (Å²) in [6.07, 6.45) is 11.1. The average Bonchev–Trinajstić information content (AvgIpc) is 3.29. The van der Waals surface area contributed by atoms with E-state index >= 15 is 0 Å². The maximum atomic E-state index is 12.3. The van der Waals surface area contributed by atoms with Gasteiger partial charge in [0.15, 0.2) is 0 Å². The number of nitrogens with one attached hydrogen (secondary N) is 1. The molecule has 0 radical (unpaired) electrons. The Hall–Kier alpha value is -2.47. The minimum absolute atomic E-state index is 0.0472. The summed E-state index contributed by atoms with van der Waals surface area (Å²) in [5, 5.41) is 7.33. The molecule has 3 aromatic heterocycles. The highest BCUT2D eigenvalue weighted by Gasteiger charge is 2.15. The van der Waals surface area contributed by atoms with Crippen LogP contribution in [-0.2, 0) is 17.8 Å². The van der Waals surface area contributed by atoms with Gasteiger partial charge >= 0.3 is 0 Å². The van der Waals surface area contributed by atoms with Gasteiger partial charge in [-0.15, -0.1) is 0 Å². The van der Waals surface area contributed by atoms with E-state index in [4.69, 9.17) is 0 Å². The zero-order valence-corrected chi connectivity index (χ0v) is 14.2. The van der Waals surface area contributed by atoms with Crippen LogP contribution in [0.3, 0.4) is 0 Å². The molecule has 0 aromatic carbocycles. The maximum Gasteiger partial charge on any atom is 0.220 e. The molecule has 3 aromatic rings. The molecular weight excluding hydrogens is 320 g/mol. The van der Waals surface area contributed by atoms with Crippen LogP contribution in [0.4, 0.5) is 0 Å². The molecule has 0 aliphatic rings. The largest absolute Gasteiger partial charge is 0.349 e. The molecule has 1 atom stereocenters. The molecule has 0 aliphatic heterocycles. The fourth-order valence-corrected chi connectivity index (χ4v) is 3.27. The standard InChI is InChI=1S/C18H20N4OS/c23-18(4-2-8-22-9-7-20-14-22)21-17(11-15-5-10-24-13-15)16-3-1-6-19-12-16/h1,3,5-7,9-10,12-14,17H,2,4,8,11H2,(H,21,23)/t17-/m0/s1. The molecule has 0 fully saturated rings. The number of nitrogens with zero attached hydrogens (tertiary/aromatic N) is 3. The normalized spacial score (nSPS) is 12.0. The molecule has 24 heavy (non-hydrogen) atoms. The summed E-state index contributed by atoms with van der Waals surface area (Å²) in [6, 6.07) is 5.96. The van der Waals surface area contributed by atoms with Crippen LogP contribution < -0.4 is 5.32 Å². The van der Waals surface area contributed by atoms with E-state index in [2.05, 4.69) is 32.1 Å². The Morgan fingerprint density at radius 3 is 2.96 bits per heavy atom. The number of pyridine rings is 1. The van der Waals surface area contributed by atoms with E-state index in [0.29, 0.717) is 6.42 Å². The van der Waals surface area contributed by atoms with Crippen molar-refractivity contribution in [2.24, 2.45) is 0 Å². The first-order valence-electron chi connectivity index (χ1n) is 7.97. The molecule has 6 heteroatoms. The van der Waals surface area contributed by atoms with Crippen LogP contribution in [0, 0.1) is 0 Å². The summed E-state index contributed by atoms with van der Waals surface area (Å²) < 4.78 is 1.98. The number of thiophene rings is 1. The second-order valence-electron chi connectivity index (χ2n) is 5.65. The van der Waals surface area contributed by atoms with Crippen molar-refractivity contribution >= 4 is 17.2 Å². The van der Waals surface area contributed by atoms with Crippen LogP contribution in [0.15, 0.2) is 60.1 Å². The van der Waals surface area contributed by atoms with Gasteiger partial charge < -0.3 is 9.88 Å². The van der Waals surface area contributed by atoms with Crippen molar-refractivity contribution in [3.05, 3.63) is 71.2 Å². The summed E-state index contributed by atoms with van der Waals surface area (Å²) in [7, 11) is 0. The zero-order valence-electron chi connectivity index (χ0n) is 13.3. The van der Waals surface area contributed by atoms with E-state index in [9.17, 15) is 4.79 Å². The van der Waals surface area contributed by atoms with Gasteiger partial charge in [0.05, 0.1) is 12.4 Å². The van der Waals surface area contributed by atoms with Crippen molar-refractivity contribution in [1.82, 2.24) is 19.9 Å². The minimum atomic E-state index is -0.0472. The fraction of sp³-hybridized carbons (Fsp3) is 0.278. The predicted octanol–water partition coefficient (Wildman–Crippen LogP) is 3.22. The lowest BCUT2D eigenvalue weighted by molar-refractivity contribution is -0.122. The highest BCUT2D eigenvalue weighted by Crippen LogP contribution is 2.19. The number of amides is 1. The summed E-state index contributed by atoms with van der Waals surface area (Å²) in [5.74, 6) is 0.0687. The number of hydrogen-bond acceptors (Lipinski definition) is 4. The third-order valence-corrected chi connectivity index (χ3v) is 4.55. The fourth-order valence-electron chi connectivity index (χ4n) is 2.59. The molecule has 0 aliphatic carbocycles. The molecular formula is C18H20N4OS. The topological polar surface area (TPSA) is 59.8 Å². The molecule has 3 rings (SSSR count). The Morgan fingerprint density at radius 1 is 1.29 bits per heavy atom. The Kier molecular flexibility index (Phi) is 5.74. The molecule has 0 saturated carbocycles. The highest BCUT2D eigenvalue weighted by atomic mass is 32.1. The Balaban J connectivity index is 1.57. The van der Waals surface area contributed by atoms with Crippen LogP contribution >= 0.6 is 11.3 Å². The predicted molar refractivity (Wildman–Crippen MR) is 94.6 cm³/mol. The number of carbonyl (C=O) groups is 1. The van der Waals surface area contributed by atoms with E-state index in [1.165, 1.54) is 5.56 Å². The van der Waals surface area contributed by atoms with Gasteiger partial charge in [-0.3, -0.25) is 9.78 Å². The van der Waals surface area contributed by atoms with Crippen LogP contribution in [0.1, 0.15) is 30.0 Å². The van der Waals surface area contributed by atoms with Crippen molar-refractivity contribution in [2.45, 2.75) is 31.8 Å². The van der Waals surface area contributed by atoms with Gasteiger partial charge in [0.1, 0.15) is 0 Å². The summed E-state index contributed by atoms with van der Waals surface area (Å²) in [5.41, 5.74) is 2.26. The monoisotopic (exact) mass is 340 g/mol. The number of rotatable bonds is 8. The lowest BCUT2D eigenvalue weighted by atomic mass is 10.0. The second kappa shape index (κ2) is 8.40. The molecule has 0 spiro atoms. The summed E-state index contributed by atoms with van der Waals surface area (Å²) in [4.78, 5) is 20.5. The molecule has 0 saturated heterocycles. The first-order chi connectivity index (χ1) is 11.8. The molecule has 124 valence electrons. The molecule has 1 amide bonds. The van der Waals surface area contributed by atoms with Crippen molar-refractivity contribution in [2.75, 3.05) is 0 Å². The zero-order chi connectivity index (χ0) is 16.6. The minimum Gasteiger partial charge on any atom is -0.349 e. The van der Waals surface area contributed by atoms with Gasteiger partial charge in [-0.2, -0.15) is 11.3 Å². The molecule has 1 N–H and O–H groups in total. The van der Waals surface area contributed by atoms with Gasteiger partial charge in [0.2, 0.25) is 5.91 Å². The van der Waals surface area contributed by atoms with Gasteiger partial charge in [0, 0.05) is 37.8 Å². The van der Waals surface area contributed by atoms with E-state index < -0.39 is 0 Å². The van der Waals surface area contributed by atoms with Crippen LogP contribution in [0.25, 0.3) is 0 Å². The average molecular weight is 340 g/mol. The number of aryl methyl sites for hydroxylation is 1. The van der Waals surface area contributed by atoms with Gasteiger partial charge in [-0.1, -0.05) is 6.07 Å². The van der Waals surface area contributed by atoms with E-state index in [1.54, 1.807) is 30.1 Å². The lowest BCUT2D eigenvalue weighted by Gasteiger charge is -2.18. The van der Waals surface area contributed by atoms with Crippen LogP contribution in [0.5, 0.6) is 0 Å². The van der Waals surface area contributed by atoms with Crippen molar-refractivity contribution in [3.8, 4) is 0 Å². The Morgan fingerprint density at radius 2 is 2.25 bits per heavy atom. The number of aromatic nitrogens is 3. The molecule has 0 unspecified atom stereocenters. The second-order valence-corrected chi connectivity index (χ2v) is 6.43. The Bertz CT molecular complexity index is 726. The van der Waals surface area contributed by atoms with Gasteiger partial charge in [-0.05, 0) is 46.9 Å². The number of hydrogen-bond donors (Lipinski definition) is 1. The molecule has 3 heterocycles. The van der Waals surface area contributed by atoms with E-state index in [1.807, 2.05) is 29.1 Å². The third kappa shape index (κ3) is 4.76. The van der Waals surface area contributed by atoms with Gasteiger partial charge in [0.25, 0.3) is 0 Å². The highest BCUT2D eigenvalue weighted by molar-refractivity contribution is 7.07. The number of carbonyl (C=O) groups excluding carboxylic acids is 1. The van der Waals surface area contributed by atoms with Crippen LogP contribution in [0.2, 0.25) is 0 Å². The van der Waals surface area contributed by atoms with Crippen molar-refractivity contribution < 1.29 is 4.79 Å². The van der Waals surface area contributed by atoms with Crippen molar-refractivity contribution in [1.29, 1.82) is 0 Å². The van der Waals surface area contributed by atoms with Gasteiger partial charge in [-0.25, -0.2) is 4.98 Å². The van der Waals surface area contributed by atoms with E-state index in [-0.39, 0.29) is 11.9 Å².